The number of likely N-dealkylation sites (tertiary alicyclic amines) is 1. The Labute approximate surface area is 278 Å². The van der Waals surface area contributed by atoms with Crippen molar-refractivity contribution < 1.29 is 33.4 Å². The molecule has 2 aliphatic heterocycles. The van der Waals surface area contributed by atoms with Crippen LogP contribution in [0.15, 0.2) is 82.8 Å². The van der Waals surface area contributed by atoms with Gasteiger partial charge in [-0.1, -0.05) is 35.9 Å². The molecular formula is C35H27Cl2N3O7. The van der Waals surface area contributed by atoms with Crippen LogP contribution >= 0.6 is 23.2 Å². The van der Waals surface area contributed by atoms with Crippen LogP contribution in [-0.2, 0) is 19.2 Å². The number of allylic oxidation sites excluding steroid dienone is 2. The van der Waals surface area contributed by atoms with E-state index in [0.717, 1.165) is 4.90 Å². The van der Waals surface area contributed by atoms with E-state index in [2.05, 4.69) is 4.98 Å². The molecule has 1 aromatic heterocycles. The molecule has 1 saturated carbocycles. The molecule has 3 heterocycles. The number of fused-ring (bicyclic) bond motifs is 5. The number of nitrogens with zero attached hydrogens (tertiary/aromatic N) is 3. The summed E-state index contributed by atoms with van der Waals surface area (Å²) in [6, 6.07) is 19.0. The summed E-state index contributed by atoms with van der Waals surface area (Å²) in [6.45, 7) is 0. The van der Waals surface area contributed by atoms with Crippen LogP contribution in [-0.4, -0.2) is 62.5 Å². The Morgan fingerprint density at radius 1 is 0.936 bits per heavy atom. The summed E-state index contributed by atoms with van der Waals surface area (Å²) in [4.78, 5) is 58.3. The highest BCUT2D eigenvalue weighted by Crippen LogP contribution is 2.66. The third-order valence-electron chi connectivity index (χ3n) is 10.2. The molecule has 0 radical (unpaired) electrons. The van der Waals surface area contributed by atoms with E-state index in [0.29, 0.717) is 33.8 Å². The lowest BCUT2D eigenvalue weighted by Crippen LogP contribution is -2.60. The second-order valence-electron chi connectivity index (χ2n) is 12.4. The van der Waals surface area contributed by atoms with Gasteiger partial charge in [-0.05, 0) is 61.2 Å². The first kappa shape index (κ1) is 29.7. The number of methoxy groups -OCH3 is 1. The number of rotatable bonds is 4. The fraction of sp³-hybridized carbons (Fsp3) is 0.286. The molecule has 6 atom stereocenters. The molecule has 3 fully saturated rings. The number of anilines is 1. The molecule has 0 bridgehead atoms. The summed E-state index contributed by atoms with van der Waals surface area (Å²) in [5.74, 6) is -5.33. The summed E-state index contributed by atoms with van der Waals surface area (Å²) in [5.41, 5.74) is 3.22. The Morgan fingerprint density at radius 2 is 1.68 bits per heavy atom. The predicted molar refractivity (Wildman–Crippen MR) is 172 cm³/mol. The van der Waals surface area contributed by atoms with Crippen molar-refractivity contribution >= 4 is 63.6 Å². The molecule has 3 aromatic carbocycles. The molecule has 2 aliphatic carbocycles. The number of oxazole rings is 1. The maximum Gasteiger partial charge on any atom is 0.253 e. The molecule has 8 rings (SSSR count). The maximum absolute atomic E-state index is 14.3. The highest BCUT2D eigenvalue weighted by molar-refractivity contribution is 6.53. The standard InChI is InChI=1S/C35H27Cl2N3O7/c1-39-32(44)34(36)16-22-19(27(35(34,37)33(39)45)21-6-5-9-25(46-2)28(21)41)14-15-20-26(22)31(43)40(30(20)42)18-12-10-17(11-13-18)29-38-23-7-3-4-8-24(23)47-29/h3-14,20,22,26-27,41H,15-16H2,1-2H3/t20-,22+,26-,27+,34+,35-/m0/s1. The third kappa shape index (κ3) is 3.82. The quantitative estimate of drug-likeness (QED) is 0.173. The number of hydrogen-bond acceptors (Lipinski definition) is 8. The van der Waals surface area contributed by atoms with Crippen molar-refractivity contribution in [1.82, 2.24) is 9.88 Å². The molecular weight excluding hydrogens is 645 g/mol. The van der Waals surface area contributed by atoms with E-state index < -0.39 is 51.1 Å². The molecule has 2 saturated heterocycles. The van der Waals surface area contributed by atoms with Crippen molar-refractivity contribution in [3.63, 3.8) is 0 Å². The van der Waals surface area contributed by atoms with Gasteiger partial charge in [0.15, 0.2) is 26.8 Å². The van der Waals surface area contributed by atoms with E-state index in [1.807, 2.05) is 30.3 Å². The number of carbonyl (C=O) groups is 4. The molecule has 4 amide bonds. The highest BCUT2D eigenvalue weighted by Gasteiger charge is 2.76. The molecule has 238 valence electrons. The first-order valence-corrected chi connectivity index (χ1v) is 15.9. The summed E-state index contributed by atoms with van der Waals surface area (Å²) in [6.07, 6.45) is 1.86. The SMILES string of the molecule is COc1cccc([C@H]2C3=CC[C@@H]4C(=O)N(c5ccc(-c6nc7ccccc7o6)cc5)C(=O)[C@@H]4[C@@H]3C[C@@]3(Cl)C(=O)N(C)C(=O)[C@@]23Cl)c1O. The third-order valence-corrected chi connectivity index (χ3v) is 11.7. The van der Waals surface area contributed by atoms with Gasteiger partial charge < -0.3 is 14.3 Å². The molecule has 0 unspecified atom stereocenters. The lowest BCUT2D eigenvalue weighted by atomic mass is 9.56. The van der Waals surface area contributed by atoms with Gasteiger partial charge in [-0.15, -0.1) is 23.2 Å². The topological polar surface area (TPSA) is 130 Å². The van der Waals surface area contributed by atoms with Gasteiger partial charge in [0.25, 0.3) is 11.8 Å². The van der Waals surface area contributed by atoms with Crippen LogP contribution in [0.25, 0.3) is 22.6 Å². The Bertz CT molecular complexity index is 2040. The second-order valence-corrected chi connectivity index (χ2v) is 13.7. The van der Waals surface area contributed by atoms with Gasteiger partial charge in [0.2, 0.25) is 17.7 Å². The summed E-state index contributed by atoms with van der Waals surface area (Å²) < 4.78 is 11.2. The lowest BCUT2D eigenvalue weighted by Gasteiger charge is -2.50. The fourth-order valence-corrected chi connectivity index (χ4v) is 9.04. The number of alkyl halides is 2. The van der Waals surface area contributed by atoms with Crippen LogP contribution in [0.3, 0.4) is 0 Å². The smallest absolute Gasteiger partial charge is 0.253 e. The summed E-state index contributed by atoms with van der Waals surface area (Å²) >= 11 is 14.4. The summed E-state index contributed by atoms with van der Waals surface area (Å²) in [5, 5.41) is 11.3. The van der Waals surface area contributed by atoms with Gasteiger partial charge in [-0.2, -0.15) is 0 Å². The highest BCUT2D eigenvalue weighted by atomic mass is 35.5. The van der Waals surface area contributed by atoms with Crippen LogP contribution in [0.4, 0.5) is 5.69 Å². The molecule has 47 heavy (non-hydrogen) atoms. The van der Waals surface area contributed by atoms with Crippen LogP contribution in [0, 0.1) is 17.8 Å². The Hall–Kier alpha value is -4.67. The molecule has 12 heteroatoms. The van der Waals surface area contributed by atoms with Gasteiger partial charge in [-0.3, -0.25) is 29.0 Å². The number of benzene rings is 3. The summed E-state index contributed by atoms with van der Waals surface area (Å²) in [7, 11) is 2.71. The number of hydrogen-bond donors (Lipinski definition) is 1. The van der Waals surface area contributed by atoms with Crippen molar-refractivity contribution in [3.05, 3.63) is 83.9 Å². The molecule has 4 aliphatic rings. The largest absolute Gasteiger partial charge is 0.504 e. The normalized spacial score (nSPS) is 30.0. The second kappa shape index (κ2) is 10.2. The molecule has 0 spiro atoms. The first-order valence-electron chi connectivity index (χ1n) is 15.1. The van der Waals surface area contributed by atoms with Crippen molar-refractivity contribution in [2.75, 3.05) is 19.1 Å². The minimum absolute atomic E-state index is 0.143. The number of aromatic hydroxyl groups is 1. The monoisotopic (exact) mass is 671 g/mol. The van der Waals surface area contributed by atoms with Crippen molar-refractivity contribution in [2.45, 2.75) is 28.5 Å². The first-order chi connectivity index (χ1) is 22.5. The number of para-hydroxylation sites is 3. The Morgan fingerprint density at radius 3 is 2.40 bits per heavy atom. The number of aromatic nitrogens is 1. The number of ether oxygens (including phenoxy) is 1. The Balaban J connectivity index is 1.19. The van der Waals surface area contributed by atoms with Crippen molar-refractivity contribution in [2.24, 2.45) is 17.8 Å². The number of phenols is 1. The van der Waals surface area contributed by atoms with Gasteiger partial charge in [0.1, 0.15) is 5.52 Å². The minimum Gasteiger partial charge on any atom is -0.504 e. The molecule has 4 aromatic rings. The molecule has 1 N–H and O–H groups in total. The van der Waals surface area contributed by atoms with Gasteiger partial charge in [0, 0.05) is 24.1 Å². The van der Waals surface area contributed by atoms with Gasteiger partial charge in [0.05, 0.1) is 24.6 Å². The average molecular weight is 673 g/mol. The number of halogens is 2. The molecule has 10 nitrogen and oxygen atoms in total. The van der Waals surface area contributed by atoms with Crippen LogP contribution in [0.1, 0.15) is 24.3 Å². The lowest BCUT2D eigenvalue weighted by molar-refractivity contribution is -0.138. The van der Waals surface area contributed by atoms with E-state index in [-0.39, 0.29) is 35.8 Å². The maximum atomic E-state index is 14.3. The van der Waals surface area contributed by atoms with Crippen LogP contribution < -0.4 is 9.64 Å². The van der Waals surface area contributed by atoms with E-state index in [1.54, 1.807) is 42.5 Å². The fourth-order valence-electron chi connectivity index (χ4n) is 8.03. The average Bonchev–Trinajstić information content (AvgIpc) is 3.66. The van der Waals surface area contributed by atoms with Crippen molar-refractivity contribution in [3.8, 4) is 23.0 Å². The number of phenolic OH excluding ortho intramolecular Hbond substituents is 1. The zero-order valence-electron chi connectivity index (χ0n) is 25.1. The van der Waals surface area contributed by atoms with Crippen LogP contribution in [0.5, 0.6) is 11.5 Å². The van der Waals surface area contributed by atoms with Crippen LogP contribution in [0.2, 0.25) is 0 Å². The van der Waals surface area contributed by atoms with Crippen molar-refractivity contribution in [1.29, 1.82) is 0 Å². The number of carbonyl (C=O) groups excluding carboxylic acids is 4. The zero-order valence-corrected chi connectivity index (χ0v) is 26.7. The Kier molecular flexibility index (Phi) is 6.43. The van der Waals surface area contributed by atoms with E-state index >= 15 is 0 Å². The van der Waals surface area contributed by atoms with E-state index in [4.69, 9.17) is 32.4 Å². The van der Waals surface area contributed by atoms with E-state index in [1.165, 1.54) is 19.1 Å². The van der Waals surface area contributed by atoms with Gasteiger partial charge >= 0.3 is 0 Å². The number of imide groups is 2. The number of amides is 4. The van der Waals surface area contributed by atoms with E-state index in [9.17, 15) is 24.3 Å². The van der Waals surface area contributed by atoms with Gasteiger partial charge in [-0.25, -0.2) is 4.98 Å². The minimum atomic E-state index is -2.01. The zero-order chi connectivity index (χ0) is 33.0. The predicted octanol–water partition coefficient (Wildman–Crippen LogP) is 5.40.